The van der Waals surface area contributed by atoms with Crippen molar-refractivity contribution in [3.05, 3.63) is 60.2 Å². The number of fused-ring (bicyclic) bond motifs is 1. The highest BCUT2D eigenvalue weighted by Crippen LogP contribution is 2.37. The van der Waals surface area contributed by atoms with E-state index in [1.165, 1.54) is 0 Å². The van der Waals surface area contributed by atoms with Gasteiger partial charge in [-0.3, -0.25) is 4.79 Å². The van der Waals surface area contributed by atoms with Gasteiger partial charge in [0.1, 0.15) is 11.8 Å². The molecule has 10 nitrogen and oxygen atoms in total. The molecule has 0 saturated heterocycles. The number of carbonyl (C=O) groups is 1. The largest absolute Gasteiger partial charge is 0.494 e. The lowest BCUT2D eigenvalue weighted by atomic mass is 9.84. The first-order chi connectivity index (χ1) is 18.2. The van der Waals surface area contributed by atoms with Crippen LogP contribution in [0.2, 0.25) is 0 Å². The molecule has 3 atom stereocenters. The molecule has 4 aromatic rings. The Morgan fingerprint density at radius 1 is 1.19 bits per heavy atom. The predicted octanol–water partition coefficient (Wildman–Crippen LogP) is 4.83. The van der Waals surface area contributed by atoms with Gasteiger partial charge in [0.05, 0.1) is 42.5 Å². The van der Waals surface area contributed by atoms with Crippen LogP contribution in [-0.2, 0) is 9.53 Å². The third-order valence-corrected chi connectivity index (χ3v) is 6.80. The number of tetrazole rings is 1. The quantitative estimate of drug-likeness (QED) is 0.295. The molecule has 1 saturated carbocycles. The number of benzene rings is 2. The van der Waals surface area contributed by atoms with Crippen molar-refractivity contribution in [1.29, 1.82) is 0 Å². The molecule has 0 amide bonds. The summed E-state index contributed by atoms with van der Waals surface area (Å²) >= 11 is 0. The highest BCUT2D eigenvalue weighted by Gasteiger charge is 2.37. The molecule has 0 aliphatic heterocycles. The monoisotopic (exact) mass is 503 g/mol. The molecule has 0 spiro atoms. The van der Waals surface area contributed by atoms with E-state index in [4.69, 9.17) is 9.47 Å². The number of imidazole rings is 1. The van der Waals surface area contributed by atoms with E-state index in [1.54, 1.807) is 6.33 Å². The molecule has 0 radical (unpaired) electrons. The van der Waals surface area contributed by atoms with E-state index in [0.29, 0.717) is 19.0 Å². The average molecular weight is 504 g/mol. The molecule has 1 aliphatic carbocycles. The average Bonchev–Trinajstić information content (AvgIpc) is 3.60. The van der Waals surface area contributed by atoms with Crippen molar-refractivity contribution in [2.75, 3.05) is 18.5 Å². The highest BCUT2D eigenvalue weighted by molar-refractivity contribution is 5.79. The first-order valence-corrected chi connectivity index (χ1v) is 13.0. The van der Waals surface area contributed by atoms with Crippen molar-refractivity contribution >= 4 is 22.7 Å². The second-order valence-corrected chi connectivity index (χ2v) is 9.32. The maximum Gasteiger partial charge on any atom is 0.311 e. The molecule has 194 valence electrons. The first kappa shape index (κ1) is 24.7. The van der Waals surface area contributed by atoms with Gasteiger partial charge in [-0.2, -0.15) is 0 Å². The molecule has 1 aliphatic rings. The van der Waals surface area contributed by atoms with Crippen molar-refractivity contribution in [2.24, 2.45) is 5.92 Å². The molecule has 3 unspecified atom stereocenters. The number of aromatic nitrogens is 6. The number of ether oxygens (including phenoxy) is 2. The number of hydrogen-bond donors (Lipinski definition) is 2. The number of nitrogens with zero attached hydrogens (tertiary/aromatic N) is 5. The minimum Gasteiger partial charge on any atom is -0.494 e. The summed E-state index contributed by atoms with van der Waals surface area (Å²) in [6, 6.07) is 13.4. The second-order valence-electron chi connectivity index (χ2n) is 9.32. The summed E-state index contributed by atoms with van der Waals surface area (Å²) in [5.41, 5.74) is 3.67. The van der Waals surface area contributed by atoms with E-state index >= 15 is 0 Å². The fraction of sp³-hybridized carbons (Fsp3) is 0.444. The summed E-state index contributed by atoms with van der Waals surface area (Å²) in [5, 5.41) is 16.6. The zero-order valence-corrected chi connectivity index (χ0v) is 21.3. The van der Waals surface area contributed by atoms with Gasteiger partial charge in [-0.05, 0) is 72.5 Å². The summed E-state index contributed by atoms with van der Waals surface area (Å²) in [4.78, 5) is 20.3. The van der Waals surface area contributed by atoms with Crippen molar-refractivity contribution in [1.82, 2.24) is 30.2 Å². The number of hydrogen-bond acceptors (Lipinski definition) is 8. The smallest absolute Gasteiger partial charge is 0.311 e. The maximum absolute atomic E-state index is 12.8. The Bertz CT molecular complexity index is 1330. The molecular weight excluding hydrogens is 470 g/mol. The lowest BCUT2D eigenvalue weighted by Crippen LogP contribution is -2.33. The zero-order valence-electron chi connectivity index (χ0n) is 21.3. The standard InChI is InChI=1S/C27H33N7O3/c1-3-14-37-20-9-7-8-18(15-20)25(30-19-12-13-22-23(16-19)29-17-28-22)26-31-32-33-34(26)24-11-6-5-10-21(24)27(35)36-4-2/h7-9,12-13,15-17,21,24-25,30H,3-6,10-11,14H2,1-2H3,(H,28,29). The Labute approximate surface area is 215 Å². The van der Waals surface area contributed by atoms with Crippen LogP contribution in [0.15, 0.2) is 48.8 Å². The SMILES string of the molecule is CCCOc1cccc(C(Nc2ccc3nc[nH]c3c2)c2nnnn2C2CCCCC2C(=O)OCC)c1. The van der Waals surface area contributed by atoms with Gasteiger partial charge in [0.2, 0.25) is 0 Å². The van der Waals surface area contributed by atoms with Crippen LogP contribution in [0.5, 0.6) is 5.75 Å². The molecule has 2 aromatic carbocycles. The number of rotatable bonds is 10. The Hall–Kier alpha value is -3.95. The summed E-state index contributed by atoms with van der Waals surface area (Å²) in [6.45, 7) is 4.91. The number of anilines is 1. The van der Waals surface area contributed by atoms with Crippen LogP contribution in [0.25, 0.3) is 11.0 Å². The Morgan fingerprint density at radius 2 is 2.08 bits per heavy atom. The highest BCUT2D eigenvalue weighted by atomic mass is 16.5. The lowest BCUT2D eigenvalue weighted by Gasteiger charge is -2.31. The second kappa shape index (κ2) is 11.4. The Morgan fingerprint density at radius 3 is 2.95 bits per heavy atom. The van der Waals surface area contributed by atoms with Gasteiger partial charge in [-0.25, -0.2) is 9.67 Å². The number of aromatic amines is 1. The number of nitrogens with one attached hydrogen (secondary N) is 2. The summed E-state index contributed by atoms with van der Waals surface area (Å²) in [6.07, 6.45) is 6.17. The molecule has 37 heavy (non-hydrogen) atoms. The maximum atomic E-state index is 12.8. The van der Waals surface area contributed by atoms with Gasteiger partial charge in [0.15, 0.2) is 5.82 Å². The van der Waals surface area contributed by atoms with Crippen molar-refractivity contribution in [2.45, 2.75) is 58.0 Å². The van der Waals surface area contributed by atoms with Gasteiger partial charge in [0, 0.05) is 5.69 Å². The van der Waals surface area contributed by atoms with Crippen LogP contribution >= 0.6 is 0 Å². The lowest BCUT2D eigenvalue weighted by molar-refractivity contribution is -0.151. The normalized spacial score (nSPS) is 18.4. The Kier molecular flexibility index (Phi) is 7.62. The van der Waals surface area contributed by atoms with Crippen LogP contribution in [0, 0.1) is 5.92 Å². The van der Waals surface area contributed by atoms with E-state index in [1.807, 2.05) is 54.1 Å². The van der Waals surface area contributed by atoms with Crippen LogP contribution in [-0.4, -0.2) is 49.4 Å². The zero-order chi connectivity index (χ0) is 25.6. The molecule has 1 fully saturated rings. The summed E-state index contributed by atoms with van der Waals surface area (Å²) in [5.74, 6) is 0.963. The molecule has 2 N–H and O–H groups in total. The minimum atomic E-state index is -0.384. The van der Waals surface area contributed by atoms with Gasteiger partial charge < -0.3 is 19.8 Å². The van der Waals surface area contributed by atoms with Crippen LogP contribution < -0.4 is 10.1 Å². The van der Waals surface area contributed by atoms with Crippen LogP contribution in [0.4, 0.5) is 5.69 Å². The molecule has 0 bridgehead atoms. The first-order valence-electron chi connectivity index (χ1n) is 13.0. The van der Waals surface area contributed by atoms with Crippen molar-refractivity contribution in [3.63, 3.8) is 0 Å². The number of esters is 1. The molecule has 2 heterocycles. The molecule has 5 rings (SSSR count). The van der Waals surface area contributed by atoms with Crippen LogP contribution in [0.1, 0.15) is 69.4 Å². The minimum absolute atomic E-state index is 0.170. The van der Waals surface area contributed by atoms with Gasteiger partial charge >= 0.3 is 5.97 Å². The predicted molar refractivity (Wildman–Crippen MR) is 139 cm³/mol. The van der Waals surface area contributed by atoms with Gasteiger partial charge in [-0.1, -0.05) is 31.9 Å². The van der Waals surface area contributed by atoms with Gasteiger partial charge in [-0.15, -0.1) is 5.10 Å². The van der Waals surface area contributed by atoms with Crippen molar-refractivity contribution in [3.8, 4) is 5.75 Å². The van der Waals surface area contributed by atoms with Crippen molar-refractivity contribution < 1.29 is 14.3 Å². The fourth-order valence-electron chi connectivity index (χ4n) is 5.05. The van der Waals surface area contributed by atoms with E-state index in [0.717, 1.165) is 60.1 Å². The van der Waals surface area contributed by atoms with E-state index in [2.05, 4.69) is 37.7 Å². The van der Waals surface area contributed by atoms with E-state index in [9.17, 15) is 4.79 Å². The fourth-order valence-corrected chi connectivity index (χ4v) is 5.05. The van der Waals surface area contributed by atoms with Crippen LogP contribution in [0.3, 0.4) is 0 Å². The molecule has 10 heteroatoms. The molecule has 2 aromatic heterocycles. The topological polar surface area (TPSA) is 120 Å². The third kappa shape index (κ3) is 5.42. The third-order valence-electron chi connectivity index (χ3n) is 6.80. The number of H-pyrrole nitrogens is 1. The number of carbonyl (C=O) groups excluding carboxylic acids is 1. The van der Waals surface area contributed by atoms with Gasteiger partial charge in [0.25, 0.3) is 0 Å². The summed E-state index contributed by atoms with van der Waals surface area (Å²) in [7, 11) is 0. The summed E-state index contributed by atoms with van der Waals surface area (Å²) < 4.78 is 13.2. The molecular formula is C27H33N7O3. The van der Waals surface area contributed by atoms with E-state index < -0.39 is 0 Å². The van der Waals surface area contributed by atoms with E-state index in [-0.39, 0.29) is 24.0 Å². The Balaban J connectivity index is 1.54.